The van der Waals surface area contributed by atoms with Crippen molar-refractivity contribution in [3.8, 4) is 0 Å². The zero-order valence-electron chi connectivity index (χ0n) is 9.50. The molecule has 18 heavy (non-hydrogen) atoms. The first-order valence-electron chi connectivity index (χ1n) is 4.83. The highest BCUT2D eigenvalue weighted by molar-refractivity contribution is 7.91. The molecule has 0 aromatic carbocycles. The van der Waals surface area contributed by atoms with Crippen molar-refractivity contribution in [1.82, 2.24) is 4.72 Å². The van der Waals surface area contributed by atoms with E-state index in [4.69, 9.17) is 18.0 Å². The smallest absolute Gasteiger partial charge is 0.306 e. The number of hydrogen-bond donors (Lipinski definition) is 2. The van der Waals surface area contributed by atoms with Crippen LogP contribution in [0.5, 0.6) is 0 Å². The normalized spacial score (nSPS) is 11.2. The van der Waals surface area contributed by atoms with Gasteiger partial charge in [-0.25, -0.2) is 13.1 Å². The molecular weight excluding hydrogens is 296 g/mol. The Balaban J connectivity index is 2.68. The fraction of sp³-hybridized carbons (Fsp3) is 0.333. The molecule has 0 spiro atoms. The van der Waals surface area contributed by atoms with Crippen molar-refractivity contribution in [1.29, 1.82) is 0 Å². The third-order valence-electron chi connectivity index (χ3n) is 1.94. The standard InChI is InChI=1S/C9H12N2O4S3/c1-15-7(12)4-5-11-18(13,14)8-3-2-6(17-8)9(10)16/h2-3,11H,4-5H2,1H3,(H2,10,16). The van der Waals surface area contributed by atoms with Crippen LogP contribution in [0.4, 0.5) is 0 Å². The van der Waals surface area contributed by atoms with Crippen molar-refractivity contribution >= 4 is 44.5 Å². The fourth-order valence-electron chi connectivity index (χ4n) is 1.06. The van der Waals surface area contributed by atoms with Crippen LogP contribution in [0.15, 0.2) is 16.3 Å². The maximum atomic E-state index is 11.8. The molecule has 3 N–H and O–H groups in total. The lowest BCUT2D eigenvalue weighted by molar-refractivity contribution is -0.140. The lowest BCUT2D eigenvalue weighted by atomic mass is 10.4. The number of sulfonamides is 1. The molecule has 0 aliphatic heterocycles. The number of esters is 1. The van der Waals surface area contributed by atoms with Gasteiger partial charge in [0, 0.05) is 6.54 Å². The lowest BCUT2D eigenvalue weighted by Crippen LogP contribution is -2.25. The Labute approximate surface area is 114 Å². The number of nitrogens with two attached hydrogens (primary N) is 1. The van der Waals surface area contributed by atoms with E-state index in [1.807, 2.05) is 0 Å². The predicted molar refractivity (Wildman–Crippen MR) is 72.0 cm³/mol. The summed E-state index contributed by atoms with van der Waals surface area (Å²) in [4.78, 5) is 11.5. The van der Waals surface area contributed by atoms with E-state index in [2.05, 4.69) is 9.46 Å². The largest absolute Gasteiger partial charge is 0.469 e. The SMILES string of the molecule is COC(=O)CCNS(=O)(=O)c1ccc(C(N)=S)s1. The van der Waals surface area contributed by atoms with E-state index < -0.39 is 16.0 Å². The molecule has 1 aromatic heterocycles. The Kier molecular flexibility index (Phi) is 5.20. The van der Waals surface area contributed by atoms with Gasteiger partial charge < -0.3 is 10.5 Å². The molecule has 1 aromatic rings. The Hall–Kier alpha value is -1.03. The molecule has 0 saturated carbocycles. The number of carbonyl (C=O) groups excluding carboxylic acids is 1. The van der Waals surface area contributed by atoms with Crippen molar-refractivity contribution in [3.05, 3.63) is 17.0 Å². The highest BCUT2D eigenvalue weighted by Crippen LogP contribution is 2.21. The minimum atomic E-state index is -3.63. The predicted octanol–water partition coefficient (Wildman–Crippen LogP) is 0.224. The van der Waals surface area contributed by atoms with Gasteiger partial charge in [0.15, 0.2) is 0 Å². The number of carbonyl (C=O) groups is 1. The molecule has 1 heterocycles. The molecule has 0 atom stereocenters. The fourth-order valence-corrected chi connectivity index (χ4v) is 3.49. The third kappa shape index (κ3) is 4.02. The summed E-state index contributed by atoms with van der Waals surface area (Å²) >= 11 is 5.73. The van der Waals surface area contributed by atoms with E-state index in [-0.39, 0.29) is 22.2 Å². The minimum Gasteiger partial charge on any atom is -0.469 e. The van der Waals surface area contributed by atoms with Crippen LogP contribution < -0.4 is 10.5 Å². The van der Waals surface area contributed by atoms with Gasteiger partial charge in [0.1, 0.15) is 9.20 Å². The first kappa shape index (κ1) is 15.0. The molecule has 0 saturated heterocycles. The van der Waals surface area contributed by atoms with Gasteiger partial charge in [-0.2, -0.15) is 0 Å². The molecule has 0 aliphatic rings. The van der Waals surface area contributed by atoms with E-state index in [1.54, 1.807) is 6.07 Å². The van der Waals surface area contributed by atoms with Gasteiger partial charge in [0.05, 0.1) is 18.4 Å². The summed E-state index contributed by atoms with van der Waals surface area (Å²) in [6.07, 6.45) is -0.0245. The van der Waals surface area contributed by atoms with E-state index >= 15 is 0 Å². The molecule has 0 amide bonds. The third-order valence-corrected chi connectivity index (χ3v) is 5.36. The molecule has 9 heteroatoms. The minimum absolute atomic E-state index is 0.0185. The van der Waals surface area contributed by atoms with Crippen LogP contribution in [0, 0.1) is 0 Å². The lowest BCUT2D eigenvalue weighted by Gasteiger charge is -2.03. The van der Waals surface area contributed by atoms with Crippen LogP contribution in [0.25, 0.3) is 0 Å². The molecule has 0 fully saturated rings. The van der Waals surface area contributed by atoms with Crippen LogP contribution in [-0.2, 0) is 19.6 Å². The van der Waals surface area contributed by atoms with Crippen molar-refractivity contribution in [3.63, 3.8) is 0 Å². The summed E-state index contributed by atoms with van der Waals surface area (Å²) in [6.45, 7) is -0.0185. The van der Waals surface area contributed by atoms with Gasteiger partial charge in [-0.3, -0.25) is 4.79 Å². The van der Waals surface area contributed by atoms with Crippen LogP contribution in [0.1, 0.15) is 11.3 Å². The molecule has 100 valence electrons. The van der Waals surface area contributed by atoms with Gasteiger partial charge in [-0.1, -0.05) is 12.2 Å². The number of hydrogen-bond acceptors (Lipinski definition) is 6. The van der Waals surface area contributed by atoms with Gasteiger partial charge in [-0.05, 0) is 12.1 Å². The summed E-state index contributed by atoms with van der Waals surface area (Å²) in [5, 5.41) is 0. The van der Waals surface area contributed by atoms with Crippen molar-refractivity contribution < 1.29 is 17.9 Å². The Morgan fingerprint density at radius 1 is 1.56 bits per heavy atom. The average Bonchev–Trinajstić information content (AvgIpc) is 2.78. The second-order valence-corrected chi connectivity index (χ2v) is 6.72. The van der Waals surface area contributed by atoms with Crippen LogP contribution in [0.2, 0.25) is 0 Å². The zero-order valence-corrected chi connectivity index (χ0v) is 12.0. The van der Waals surface area contributed by atoms with E-state index in [1.165, 1.54) is 13.2 Å². The van der Waals surface area contributed by atoms with Gasteiger partial charge in [-0.15, -0.1) is 11.3 Å². The second-order valence-electron chi connectivity index (χ2n) is 3.21. The molecular formula is C9H12N2O4S3. The summed E-state index contributed by atoms with van der Waals surface area (Å²) in [6, 6.07) is 2.96. The van der Waals surface area contributed by atoms with Crippen molar-refractivity contribution in [2.75, 3.05) is 13.7 Å². The number of thiocarbonyl (C=S) groups is 1. The Morgan fingerprint density at radius 2 is 2.22 bits per heavy atom. The number of thiophene rings is 1. The first-order valence-corrected chi connectivity index (χ1v) is 7.53. The van der Waals surface area contributed by atoms with Crippen LogP contribution in [-0.4, -0.2) is 33.0 Å². The Bertz CT molecular complexity index is 550. The summed E-state index contributed by atoms with van der Waals surface area (Å²) in [5.74, 6) is -0.479. The van der Waals surface area contributed by atoms with Crippen LogP contribution >= 0.6 is 23.6 Å². The maximum absolute atomic E-state index is 11.8. The molecule has 0 radical (unpaired) electrons. The molecule has 1 rings (SSSR count). The van der Waals surface area contributed by atoms with E-state index in [0.29, 0.717) is 4.88 Å². The molecule has 0 unspecified atom stereocenters. The van der Waals surface area contributed by atoms with Crippen molar-refractivity contribution in [2.45, 2.75) is 10.6 Å². The quantitative estimate of drug-likeness (QED) is 0.576. The summed E-state index contributed by atoms with van der Waals surface area (Å²) in [7, 11) is -2.39. The zero-order chi connectivity index (χ0) is 13.8. The van der Waals surface area contributed by atoms with Crippen LogP contribution in [0.3, 0.4) is 0 Å². The van der Waals surface area contributed by atoms with E-state index in [0.717, 1.165) is 11.3 Å². The number of nitrogens with one attached hydrogen (secondary N) is 1. The van der Waals surface area contributed by atoms with Crippen molar-refractivity contribution in [2.24, 2.45) is 5.73 Å². The monoisotopic (exact) mass is 308 g/mol. The molecule has 0 aliphatic carbocycles. The number of rotatable bonds is 6. The summed E-state index contributed by atoms with van der Waals surface area (Å²) in [5.41, 5.74) is 5.39. The maximum Gasteiger partial charge on any atom is 0.306 e. The van der Waals surface area contributed by atoms with Gasteiger partial charge in [0.25, 0.3) is 0 Å². The topological polar surface area (TPSA) is 98.5 Å². The van der Waals surface area contributed by atoms with Gasteiger partial charge in [0.2, 0.25) is 10.0 Å². The van der Waals surface area contributed by atoms with E-state index in [9.17, 15) is 13.2 Å². The first-order chi connectivity index (χ1) is 8.36. The molecule has 0 bridgehead atoms. The highest BCUT2D eigenvalue weighted by Gasteiger charge is 2.17. The number of methoxy groups -OCH3 is 1. The highest BCUT2D eigenvalue weighted by atomic mass is 32.2. The Morgan fingerprint density at radius 3 is 2.72 bits per heavy atom. The average molecular weight is 308 g/mol. The number of ether oxygens (including phenoxy) is 1. The van der Waals surface area contributed by atoms with Gasteiger partial charge >= 0.3 is 5.97 Å². The summed E-state index contributed by atoms with van der Waals surface area (Å²) < 4.78 is 30.4. The second kappa shape index (κ2) is 6.23. The molecule has 6 nitrogen and oxygen atoms in total.